The number of rotatable bonds is 1. The molecule has 8 heteroatoms. The van der Waals surface area contributed by atoms with Gasteiger partial charge >= 0.3 is 12.2 Å². The number of urea groups is 1. The zero-order valence-electron chi connectivity index (χ0n) is 9.28. The highest BCUT2D eigenvalue weighted by Crippen LogP contribution is 2.34. The summed E-state index contributed by atoms with van der Waals surface area (Å²) in [6, 6.07) is 3.29. The Kier molecular flexibility index (Phi) is 2.90. The van der Waals surface area contributed by atoms with E-state index in [9.17, 15) is 22.8 Å². The van der Waals surface area contributed by atoms with Crippen LogP contribution in [0.3, 0.4) is 0 Å². The molecule has 98 valence electrons. The first-order valence-corrected chi connectivity index (χ1v) is 5.06. The number of nitrogens with zero attached hydrogens (tertiary/aromatic N) is 2. The van der Waals surface area contributed by atoms with E-state index in [4.69, 9.17) is 5.26 Å². The van der Waals surface area contributed by atoms with E-state index in [-0.39, 0.29) is 12.2 Å². The van der Waals surface area contributed by atoms with Crippen LogP contribution in [-0.2, 0) is 11.0 Å². The number of carbonyl (C=O) groups excluding carboxylic acids is 2. The van der Waals surface area contributed by atoms with Gasteiger partial charge in [-0.3, -0.25) is 4.79 Å². The lowest BCUT2D eigenvalue weighted by atomic mass is 10.1. The van der Waals surface area contributed by atoms with Gasteiger partial charge in [-0.15, -0.1) is 0 Å². The van der Waals surface area contributed by atoms with Crippen molar-refractivity contribution in [2.24, 2.45) is 0 Å². The smallest absolute Gasteiger partial charge is 0.328 e. The number of nitriles is 1. The van der Waals surface area contributed by atoms with Crippen molar-refractivity contribution in [3.63, 3.8) is 0 Å². The summed E-state index contributed by atoms with van der Waals surface area (Å²) in [5, 5.41) is 10.8. The van der Waals surface area contributed by atoms with Gasteiger partial charge in [0.05, 0.1) is 29.4 Å². The molecular weight excluding hydrogens is 263 g/mol. The maximum absolute atomic E-state index is 12.7. The molecule has 3 amide bonds. The molecule has 1 aliphatic rings. The van der Waals surface area contributed by atoms with E-state index in [0.29, 0.717) is 11.0 Å². The lowest BCUT2D eigenvalue weighted by Crippen LogP contribution is -2.31. The first-order valence-electron chi connectivity index (χ1n) is 5.06. The summed E-state index contributed by atoms with van der Waals surface area (Å²) in [6.07, 6.45) is -4.74. The van der Waals surface area contributed by atoms with Crippen LogP contribution in [0, 0.1) is 11.3 Å². The van der Waals surface area contributed by atoms with Gasteiger partial charge in [0.15, 0.2) is 0 Å². The molecule has 2 rings (SSSR count). The Morgan fingerprint density at radius 1 is 1.32 bits per heavy atom. The Morgan fingerprint density at radius 2 is 2.00 bits per heavy atom. The summed E-state index contributed by atoms with van der Waals surface area (Å²) in [5.74, 6) is -0.650. The predicted molar refractivity (Wildman–Crippen MR) is 57.0 cm³/mol. The number of nitrogens with one attached hydrogen (secondary N) is 1. The van der Waals surface area contributed by atoms with Gasteiger partial charge in [-0.25, -0.2) is 9.69 Å². The molecule has 1 saturated heterocycles. The van der Waals surface area contributed by atoms with Gasteiger partial charge in [-0.2, -0.15) is 18.4 Å². The minimum atomic E-state index is -4.74. The van der Waals surface area contributed by atoms with Crippen molar-refractivity contribution in [3.05, 3.63) is 29.3 Å². The van der Waals surface area contributed by atoms with Gasteiger partial charge in [-0.1, -0.05) is 0 Å². The van der Waals surface area contributed by atoms with Crippen molar-refractivity contribution in [2.45, 2.75) is 6.18 Å². The molecular formula is C11H6F3N3O2. The average molecular weight is 269 g/mol. The van der Waals surface area contributed by atoms with E-state index in [1.165, 1.54) is 6.07 Å². The molecule has 1 aromatic rings. The molecule has 0 aromatic heterocycles. The highest BCUT2D eigenvalue weighted by molar-refractivity contribution is 6.19. The van der Waals surface area contributed by atoms with Crippen LogP contribution in [0.25, 0.3) is 0 Å². The lowest BCUT2D eigenvalue weighted by Gasteiger charge is -2.15. The number of amides is 3. The Hall–Kier alpha value is -2.56. The fourth-order valence-corrected chi connectivity index (χ4v) is 1.69. The summed E-state index contributed by atoms with van der Waals surface area (Å²) in [5.41, 5.74) is -1.96. The SMILES string of the molecule is N#Cc1ccc(N2C(=O)CNC2=O)cc1C(F)(F)F. The highest BCUT2D eigenvalue weighted by atomic mass is 19.4. The van der Waals surface area contributed by atoms with Crippen LogP contribution in [-0.4, -0.2) is 18.5 Å². The highest BCUT2D eigenvalue weighted by Gasteiger charge is 2.36. The topological polar surface area (TPSA) is 73.2 Å². The van der Waals surface area contributed by atoms with Crippen molar-refractivity contribution >= 4 is 17.6 Å². The molecule has 0 aliphatic carbocycles. The molecule has 5 nitrogen and oxygen atoms in total. The number of hydrogen-bond donors (Lipinski definition) is 1. The molecule has 0 bridgehead atoms. The lowest BCUT2D eigenvalue weighted by molar-refractivity contribution is -0.137. The van der Waals surface area contributed by atoms with E-state index in [2.05, 4.69) is 5.32 Å². The Labute approximate surface area is 105 Å². The second kappa shape index (κ2) is 4.28. The molecule has 0 radical (unpaired) electrons. The normalized spacial score (nSPS) is 15.4. The van der Waals surface area contributed by atoms with E-state index in [1.807, 2.05) is 0 Å². The Bertz CT molecular complexity index is 588. The third-order valence-corrected chi connectivity index (χ3v) is 2.53. The Morgan fingerprint density at radius 3 is 2.47 bits per heavy atom. The van der Waals surface area contributed by atoms with Crippen molar-refractivity contribution < 1.29 is 22.8 Å². The number of alkyl halides is 3. The molecule has 19 heavy (non-hydrogen) atoms. The maximum atomic E-state index is 12.7. The van der Waals surface area contributed by atoms with Crippen LogP contribution in [0.1, 0.15) is 11.1 Å². The van der Waals surface area contributed by atoms with Crippen LogP contribution >= 0.6 is 0 Å². The first kappa shape index (κ1) is 12.9. The molecule has 0 saturated carbocycles. The van der Waals surface area contributed by atoms with Gasteiger partial charge in [-0.05, 0) is 18.2 Å². The monoisotopic (exact) mass is 269 g/mol. The van der Waals surface area contributed by atoms with Crippen LogP contribution in [0.2, 0.25) is 0 Å². The molecule has 1 aliphatic heterocycles. The third kappa shape index (κ3) is 2.22. The summed E-state index contributed by atoms with van der Waals surface area (Å²) >= 11 is 0. The van der Waals surface area contributed by atoms with Crippen molar-refractivity contribution in [1.29, 1.82) is 5.26 Å². The fraction of sp³-hybridized carbons (Fsp3) is 0.182. The van der Waals surface area contributed by atoms with Gasteiger partial charge < -0.3 is 5.32 Å². The summed E-state index contributed by atoms with van der Waals surface area (Å²) in [6.45, 7) is -0.264. The Balaban J connectivity index is 2.53. The minimum Gasteiger partial charge on any atom is -0.328 e. The molecule has 1 N–H and O–H groups in total. The van der Waals surface area contributed by atoms with Gasteiger partial charge in [0.2, 0.25) is 0 Å². The quantitative estimate of drug-likeness (QED) is 0.787. The summed E-state index contributed by atoms with van der Waals surface area (Å²) in [4.78, 5) is 23.4. The number of anilines is 1. The van der Waals surface area contributed by atoms with Crippen molar-refractivity contribution in [2.75, 3.05) is 11.4 Å². The van der Waals surface area contributed by atoms with Gasteiger partial charge in [0.1, 0.15) is 0 Å². The molecule has 1 fully saturated rings. The number of halogens is 3. The molecule has 0 unspecified atom stereocenters. The average Bonchev–Trinajstić information content (AvgIpc) is 2.67. The van der Waals surface area contributed by atoms with Gasteiger partial charge in [0.25, 0.3) is 5.91 Å². The summed E-state index contributed by atoms with van der Waals surface area (Å²) in [7, 11) is 0. The van der Waals surface area contributed by atoms with Crippen molar-refractivity contribution in [3.8, 4) is 6.07 Å². The van der Waals surface area contributed by atoms with Crippen molar-refractivity contribution in [1.82, 2.24) is 5.32 Å². The molecule has 0 atom stereocenters. The summed E-state index contributed by atoms with van der Waals surface area (Å²) < 4.78 is 38.2. The van der Waals surface area contributed by atoms with Gasteiger partial charge in [0, 0.05) is 0 Å². The van der Waals surface area contributed by atoms with Crippen LogP contribution in [0.4, 0.5) is 23.7 Å². The largest absolute Gasteiger partial charge is 0.417 e. The molecule has 1 aromatic carbocycles. The molecule has 0 spiro atoms. The first-order chi connectivity index (χ1) is 8.84. The number of carbonyl (C=O) groups is 2. The van der Waals surface area contributed by atoms with E-state index < -0.39 is 29.2 Å². The number of imide groups is 1. The minimum absolute atomic E-state index is 0.216. The maximum Gasteiger partial charge on any atom is 0.417 e. The van der Waals surface area contributed by atoms with E-state index in [0.717, 1.165) is 12.1 Å². The second-order valence-corrected chi connectivity index (χ2v) is 3.73. The predicted octanol–water partition coefficient (Wildman–Crippen LogP) is 1.63. The second-order valence-electron chi connectivity index (χ2n) is 3.73. The fourth-order valence-electron chi connectivity index (χ4n) is 1.69. The third-order valence-electron chi connectivity index (χ3n) is 2.53. The van der Waals surface area contributed by atoms with E-state index in [1.54, 1.807) is 0 Å². The van der Waals surface area contributed by atoms with Crippen LogP contribution < -0.4 is 10.2 Å². The van der Waals surface area contributed by atoms with E-state index >= 15 is 0 Å². The number of benzene rings is 1. The zero-order valence-corrected chi connectivity index (χ0v) is 9.28. The number of hydrogen-bond acceptors (Lipinski definition) is 3. The zero-order chi connectivity index (χ0) is 14.2. The van der Waals surface area contributed by atoms with Crippen LogP contribution in [0.15, 0.2) is 18.2 Å². The van der Waals surface area contributed by atoms with Crippen LogP contribution in [0.5, 0.6) is 0 Å². The molecule has 1 heterocycles. The standard InChI is InChI=1S/C11H6F3N3O2/c12-11(13,14)8-3-7(2-1-6(8)4-15)17-9(18)5-16-10(17)19/h1-3H,5H2,(H,16,19).